The van der Waals surface area contributed by atoms with Gasteiger partial charge in [0.2, 0.25) is 5.91 Å². The molecule has 0 saturated heterocycles. The zero-order chi connectivity index (χ0) is 15.2. The van der Waals surface area contributed by atoms with E-state index in [4.69, 9.17) is 0 Å². The van der Waals surface area contributed by atoms with Crippen LogP contribution < -0.4 is 5.32 Å². The van der Waals surface area contributed by atoms with Crippen molar-refractivity contribution < 1.29 is 9.18 Å². The van der Waals surface area contributed by atoms with E-state index in [1.807, 2.05) is 20.2 Å². The van der Waals surface area contributed by atoms with Crippen molar-refractivity contribution in [2.24, 2.45) is 5.41 Å². The Kier molecular flexibility index (Phi) is 6.14. The Morgan fingerprint density at radius 2 is 2.05 bits per heavy atom. The SMILES string of the molecule is CN(C)CC(C)(C)CNC(=O)CCc1cccc(F)c1. The van der Waals surface area contributed by atoms with Crippen LogP contribution in [0.1, 0.15) is 25.8 Å². The average molecular weight is 280 g/mol. The van der Waals surface area contributed by atoms with Gasteiger partial charge in [-0.3, -0.25) is 4.79 Å². The first-order chi connectivity index (χ1) is 9.28. The van der Waals surface area contributed by atoms with Gasteiger partial charge in [0.25, 0.3) is 0 Å². The fourth-order valence-corrected chi connectivity index (χ4v) is 2.29. The minimum absolute atomic E-state index is 0.0149. The summed E-state index contributed by atoms with van der Waals surface area (Å²) in [5, 5.41) is 2.95. The first-order valence-corrected chi connectivity index (χ1v) is 6.94. The van der Waals surface area contributed by atoms with Crippen molar-refractivity contribution in [1.29, 1.82) is 0 Å². The summed E-state index contributed by atoms with van der Waals surface area (Å²) in [4.78, 5) is 13.9. The van der Waals surface area contributed by atoms with Crippen molar-refractivity contribution in [2.75, 3.05) is 27.2 Å². The second kappa shape index (κ2) is 7.39. The summed E-state index contributed by atoms with van der Waals surface area (Å²) in [5.41, 5.74) is 0.894. The molecule has 0 bridgehead atoms. The first kappa shape index (κ1) is 16.6. The van der Waals surface area contributed by atoms with Crippen LogP contribution in [0, 0.1) is 11.2 Å². The number of nitrogens with one attached hydrogen (secondary N) is 1. The molecule has 1 amide bonds. The van der Waals surface area contributed by atoms with Gasteiger partial charge in [0.05, 0.1) is 0 Å². The Bertz CT molecular complexity index is 444. The van der Waals surface area contributed by atoms with Gasteiger partial charge in [0.1, 0.15) is 5.82 Å². The van der Waals surface area contributed by atoms with E-state index in [0.717, 1.165) is 12.1 Å². The highest BCUT2D eigenvalue weighted by atomic mass is 19.1. The van der Waals surface area contributed by atoms with Crippen molar-refractivity contribution in [2.45, 2.75) is 26.7 Å². The van der Waals surface area contributed by atoms with Gasteiger partial charge in [0.15, 0.2) is 0 Å². The largest absolute Gasteiger partial charge is 0.356 e. The topological polar surface area (TPSA) is 32.3 Å². The third-order valence-corrected chi connectivity index (χ3v) is 3.04. The second-order valence-corrected chi connectivity index (χ2v) is 6.31. The third-order valence-electron chi connectivity index (χ3n) is 3.04. The third kappa shape index (κ3) is 6.66. The molecule has 0 unspecified atom stereocenters. The molecule has 0 saturated carbocycles. The molecular weight excluding hydrogens is 255 g/mol. The summed E-state index contributed by atoms with van der Waals surface area (Å²) in [5.74, 6) is -0.240. The summed E-state index contributed by atoms with van der Waals surface area (Å²) in [6.45, 7) is 5.81. The molecule has 0 aliphatic heterocycles. The number of hydrogen-bond donors (Lipinski definition) is 1. The summed E-state index contributed by atoms with van der Waals surface area (Å²) in [7, 11) is 4.04. The molecule has 0 atom stereocenters. The molecule has 3 nitrogen and oxygen atoms in total. The molecule has 1 aromatic rings. The van der Waals surface area contributed by atoms with Gasteiger partial charge in [0, 0.05) is 19.5 Å². The quantitative estimate of drug-likeness (QED) is 0.832. The van der Waals surface area contributed by atoms with E-state index in [2.05, 4.69) is 24.1 Å². The van der Waals surface area contributed by atoms with Crippen LogP contribution in [-0.2, 0) is 11.2 Å². The minimum Gasteiger partial charge on any atom is -0.356 e. The predicted molar refractivity (Wildman–Crippen MR) is 80.1 cm³/mol. The molecular formula is C16H25FN2O. The number of rotatable bonds is 7. The van der Waals surface area contributed by atoms with Crippen molar-refractivity contribution >= 4 is 5.91 Å². The fraction of sp³-hybridized carbons (Fsp3) is 0.562. The van der Waals surface area contributed by atoms with Crippen molar-refractivity contribution in [3.63, 3.8) is 0 Å². The smallest absolute Gasteiger partial charge is 0.220 e. The average Bonchev–Trinajstić information content (AvgIpc) is 2.32. The normalized spacial score (nSPS) is 11.7. The molecule has 0 spiro atoms. The number of nitrogens with zero attached hydrogens (tertiary/aromatic N) is 1. The Morgan fingerprint density at radius 1 is 1.35 bits per heavy atom. The van der Waals surface area contributed by atoms with Crippen molar-refractivity contribution in [3.8, 4) is 0 Å². The lowest BCUT2D eigenvalue weighted by Gasteiger charge is -2.28. The van der Waals surface area contributed by atoms with Gasteiger partial charge >= 0.3 is 0 Å². The van der Waals surface area contributed by atoms with Crippen LogP contribution in [0.5, 0.6) is 0 Å². The number of amides is 1. The van der Waals surface area contributed by atoms with E-state index < -0.39 is 0 Å². The maximum atomic E-state index is 13.0. The molecule has 20 heavy (non-hydrogen) atoms. The van der Waals surface area contributed by atoms with E-state index >= 15 is 0 Å². The van der Waals surface area contributed by atoms with Crippen LogP contribution in [0.25, 0.3) is 0 Å². The van der Waals surface area contributed by atoms with Gasteiger partial charge in [-0.1, -0.05) is 26.0 Å². The summed E-state index contributed by atoms with van der Waals surface area (Å²) in [6, 6.07) is 6.39. The minimum atomic E-state index is -0.255. The molecule has 0 fully saturated rings. The molecule has 4 heteroatoms. The zero-order valence-electron chi connectivity index (χ0n) is 12.9. The highest BCUT2D eigenvalue weighted by Crippen LogP contribution is 2.14. The Morgan fingerprint density at radius 3 is 2.65 bits per heavy atom. The molecule has 1 aromatic carbocycles. The maximum Gasteiger partial charge on any atom is 0.220 e. The Balaban J connectivity index is 2.34. The van der Waals surface area contributed by atoms with Gasteiger partial charge < -0.3 is 10.2 Å². The number of hydrogen-bond acceptors (Lipinski definition) is 2. The number of carbonyl (C=O) groups excluding carboxylic acids is 1. The van der Waals surface area contributed by atoms with Crippen LogP contribution in [0.3, 0.4) is 0 Å². The molecule has 1 N–H and O–H groups in total. The lowest BCUT2D eigenvalue weighted by molar-refractivity contribution is -0.121. The van der Waals surface area contributed by atoms with Crippen LogP contribution in [0.15, 0.2) is 24.3 Å². The molecule has 0 heterocycles. The first-order valence-electron chi connectivity index (χ1n) is 6.94. The zero-order valence-corrected chi connectivity index (χ0v) is 12.9. The van der Waals surface area contributed by atoms with E-state index in [1.54, 1.807) is 6.07 Å². The van der Waals surface area contributed by atoms with Gasteiger partial charge in [-0.25, -0.2) is 4.39 Å². The van der Waals surface area contributed by atoms with Crippen LogP contribution >= 0.6 is 0 Å². The summed E-state index contributed by atoms with van der Waals surface area (Å²) < 4.78 is 13.0. The number of carbonyl (C=O) groups is 1. The van der Waals surface area contributed by atoms with E-state index in [9.17, 15) is 9.18 Å². The number of halogens is 1. The van der Waals surface area contributed by atoms with E-state index in [1.165, 1.54) is 12.1 Å². The lowest BCUT2D eigenvalue weighted by atomic mass is 9.93. The molecule has 0 aliphatic rings. The van der Waals surface area contributed by atoms with Crippen molar-refractivity contribution in [3.05, 3.63) is 35.6 Å². The maximum absolute atomic E-state index is 13.0. The molecule has 1 rings (SSSR count). The number of benzene rings is 1. The lowest BCUT2D eigenvalue weighted by Crippen LogP contribution is -2.40. The van der Waals surface area contributed by atoms with Gasteiger partial charge in [-0.15, -0.1) is 0 Å². The van der Waals surface area contributed by atoms with Gasteiger partial charge in [-0.05, 0) is 43.6 Å². The Labute approximate surface area is 121 Å². The van der Waals surface area contributed by atoms with Crippen LogP contribution in [0.2, 0.25) is 0 Å². The highest BCUT2D eigenvalue weighted by Gasteiger charge is 2.19. The van der Waals surface area contributed by atoms with Gasteiger partial charge in [-0.2, -0.15) is 0 Å². The predicted octanol–water partition coefficient (Wildman–Crippen LogP) is 2.46. The molecule has 0 radical (unpaired) electrons. The highest BCUT2D eigenvalue weighted by molar-refractivity contribution is 5.76. The monoisotopic (exact) mass is 280 g/mol. The second-order valence-electron chi connectivity index (χ2n) is 6.31. The Hall–Kier alpha value is -1.42. The van der Waals surface area contributed by atoms with E-state index in [0.29, 0.717) is 19.4 Å². The summed E-state index contributed by atoms with van der Waals surface area (Å²) >= 11 is 0. The van der Waals surface area contributed by atoms with E-state index in [-0.39, 0.29) is 17.1 Å². The summed E-state index contributed by atoms with van der Waals surface area (Å²) in [6.07, 6.45) is 0.958. The number of aryl methyl sites for hydroxylation is 1. The van der Waals surface area contributed by atoms with Crippen LogP contribution in [-0.4, -0.2) is 38.0 Å². The fourth-order valence-electron chi connectivity index (χ4n) is 2.29. The van der Waals surface area contributed by atoms with Crippen molar-refractivity contribution in [1.82, 2.24) is 10.2 Å². The van der Waals surface area contributed by atoms with Crippen LogP contribution in [0.4, 0.5) is 4.39 Å². The molecule has 112 valence electrons. The molecule has 0 aliphatic carbocycles. The molecule has 0 aromatic heterocycles. The standard InChI is InChI=1S/C16H25FN2O/c1-16(2,12-19(3)4)11-18-15(20)9-8-13-6-5-7-14(17)10-13/h5-7,10H,8-9,11-12H2,1-4H3,(H,18,20).